The predicted octanol–water partition coefficient (Wildman–Crippen LogP) is 3.41. The summed E-state index contributed by atoms with van der Waals surface area (Å²) in [6.45, 7) is 0. The van der Waals surface area contributed by atoms with Crippen molar-refractivity contribution in [2.24, 2.45) is 0 Å². The Morgan fingerprint density at radius 1 is 1.16 bits per heavy atom. The van der Waals surface area contributed by atoms with E-state index < -0.39 is 0 Å². The Bertz CT molecular complexity index is 622. The zero-order valence-electron chi connectivity index (χ0n) is 10.0. The van der Waals surface area contributed by atoms with E-state index in [4.69, 9.17) is 4.42 Å². The summed E-state index contributed by atoms with van der Waals surface area (Å²) in [7, 11) is 0. The third kappa shape index (κ3) is 3.42. The number of nitrogens with zero attached hydrogens (tertiary/aromatic N) is 3. The molecular formula is C13H11N3OS2. The fourth-order valence-electron chi connectivity index (χ4n) is 1.55. The number of hydrogen-bond acceptors (Lipinski definition) is 6. The molecule has 3 heterocycles. The van der Waals surface area contributed by atoms with Crippen LogP contribution in [-0.4, -0.2) is 15.2 Å². The molecule has 0 radical (unpaired) electrons. The maximum atomic E-state index is 5.60. The Kier molecular flexibility index (Phi) is 3.90. The van der Waals surface area contributed by atoms with Crippen LogP contribution in [0.1, 0.15) is 16.5 Å². The van der Waals surface area contributed by atoms with Gasteiger partial charge in [-0.05, 0) is 23.6 Å². The third-order valence-corrected chi connectivity index (χ3v) is 4.15. The molecule has 0 saturated carbocycles. The van der Waals surface area contributed by atoms with Gasteiger partial charge in [0.05, 0.1) is 12.1 Å². The first-order chi connectivity index (χ1) is 9.40. The minimum atomic E-state index is 0.595. The van der Waals surface area contributed by atoms with Gasteiger partial charge in [-0.15, -0.1) is 21.5 Å². The van der Waals surface area contributed by atoms with Gasteiger partial charge in [-0.25, -0.2) is 0 Å². The molecule has 0 aliphatic heterocycles. The Balaban J connectivity index is 1.59. The first kappa shape index (κ1) is 12.4. The van der Waals surface area contributed by atoms with E-state index in [1.54, 1.807) is 17.5 Å². The van der Waals surface area contributed by atoms with Crippen LogP contribution in [0, 0.1) is 0 Å². The zero-order chi connectivity index (χ0) is 12.9. The summed E-state index contributed by atoms with van der Waals surface area (Å²) in [6.07, 6.45) is 2.49. The molecule has 0 atom stereocenters. The van der Waals surface area contributed by atoms with E-state index in [1.165, 1.54) is 16.6 Å². The molecule has 0 aliphatic carbocycles. The zero-order valence-corrected chi connectivity index (χ0v) is 11.7. The topological polar surface area (TPSA) is 51.8 Å². The van der Waals surface area contributed by atoms with Gasteiger partial charge in [-0.2, -0.15) is 0 Å². The van der Waals surface area contributed by atoms with Gasteiger partial charge in [0.2, 0.25) is 5.89 Å². The van der Waals surface area contributed by atoms with Crippen molar-refractivity contribution in [3.8, 4) is 0 Å². The summed E-state index contributed by atoms with van der Waals surface area (Å²) in [5.74, 6) is 1.40. The first-order valence-electron chi connectivity index (χ1n) is 5.77. The van der Waals surface area contributed by atoms with E-state index in [0.717, 1.165) is 11.4 Å². The lowest BCUT2D eigenvalue weighted by Crippen LogP contribution is -1.84. The summed E-state index contributed by atoms with van der Waals surface area (Å²) in [5.41, 5.74) is 1.01. The molecule has 0 amide bonds. The highest BCUT2D eigenvalue weighted by atomic mass is 32.2. The summed E-state index contributed by atoms with van der Waals surface area (Å²) in [4.78, 5) is 5.48. The minimum absolute atomic E-state index is 0.595. The highest BCUT2D eigenvalue weighted by Gasteiger charge is 2.08. The lowest BCUT2D eigenvalue weighted by atomic mass is 10.3. The number of thioether (sulfide) groups is 1. The largest absolute Gasteiger partial charge is 0.416 e. The van der Waals surface area contributed by atoms with E-state index in [9.17, 15) is 0 Å². The molecule has 6 heteroatoms. The van der Waals surface area contributed by atoms with Crippen molar-refractivity contribution < 1.29 is 4.42 Å². The number of thiophene rings is 1. The van der Waals surface area contributed by atoms with Gasteiger partial charge in [0.25, 0.3) is 5.22 Å². The number of hydrogen-bond donors (Lipinski definition) is 0. The van der Waals surface area contributed by atoms with Crippen LogP contribution in [0.4, 0.5) is 0 Å². The highest BCUT2D eigenvalue weighted by molar-refractivity contribution is 7.98. The Morgan fingerprint density at radius 3 is 2.95 bits per heavy atom. The summed E-state index contributed by atoms with van der Waals surface area (Å²) < 4.78 is 5.60. The van der Waals surface area contributed by atoms with Crippen LogP contribution in [0.25, 0.3) is 0 Å². The monoisotopic (exact) mass is 289 g/mol. The minimum Gasteiger partial charge on any atom is -0.416 e. The van der Waals surface area contributed by atoms with Crippen molar-refractivity contribution in [1.82, 2.24) is 15.2 Å². The van der Waals surface area contributed by atoms with Crippen LogP contribution >= 0.6 is 23.1 Å². The molecular weight excluding hydrogens is 278 g/mol. The quantitative estimate of drug-likeness (QED) is 0.674. The predicted molar refractivity (Wildman–Crippen MR) is 75.2 cm³/mol. The Hall–Kier alpha value is -1.66. The Labute approximate surface area is 118 Å². The molecule has 4 nitrogen and oxygen atoms in total. The average Bonchev–Trinajstić information content (AvgIpc) is 3.10. The van der Waals surface area contributed by atoms with Crippen LogP contribution in [-0.2, 0) is 12.2 Å². The van der Waals surface area contributed by atoms with E-state index >= 15 is 0 Å². The van der Waals surface area contributed by atoms with Crippen molar-refractivity contribution in [2.75, 3.05) is 0 Å². The van der Waals surface area contributed by atoms with Crippen LogP contribution in [0.2, 0.25) is 0 Å². The first-order valence-corrected chi connectivity index (χ1v) is 7.64. The highest BCUT2D eigenvalue weighted by Crippen LogP contribution is 2.22. The van der Waals surface area contributed by atoms with Gasteiger partial charge in [0.15, 0.2) is 0 Å². The van der Waals surface area contributed by atoms with Crippen molar-refractivity contribution in [1.29, 1.82) is 0 Å². The van der Waals surface area contributed by atoms with Crippen LogP contribution in [0.3, 0.4) is 0 Å². The molecule has 0 spiro atoms. The van der Waals surface area contributed by atoms with Crippen LogP contribution in [0.15, 0.2) is 51.5 Å². The van der Waals surface area contributed by atoms with Crippen molar-refractivity contribution >= 4 is 23.1 Å². The second kappa shape index (κ2) is 5.99. The second-order valence-electron chi connectivity index (χ2n) is 3.83. The molecule has 0 aliphatic rings. The molecule has 3 rings (SSSR count). The SMILES string of the molecule is c1ccc(CSc2nnc(Cc3cccs3)o2)nc1. The maximum Gasteiger partial charge on any atom is 0.276 e. The fraction of sp³-hybridized carbons (Fsp3) is 0.154. The molecule has 0 unspecified atom stereocenters. The van der Waals surface area contributed by atoms with Crippen molar-refractivity contribution in [3.05, 3.63) is 58.4 Å². The molecule has 3 aromatic rings. The molecule has 0 N–H and O–H groups in total. The van der Waals surface area contributed by atoms with E-state index in [0.29, 0.717) is 17.5 Å². The smallest absolute Gasteiger partial charge is 0.276 e. The number of pyridine rings is 1. The van der Waals surface area contributed by atoms with Gasteiger partial charge in [-0.1, -0.05) is 23.9 Å². The van der Waals surface area contributed by atoms with E-state index in [-0.39, 0.29) is 0 Å². The lowest BCUT2D eigenvalue weighted by Gasteiger charge is -1.95. The standard InChI is InChI=1S/C13H11N3OS2/c1-2-6-14-10(4-1)9-19-13-16-15-12(17-13)8-11-5-3-7-18-11/h1-7H,8-9H2. The van der Waals surface area contributed by atoms with E-state index in [2.05, 4.69) is 21.2 Å². The summed E-state index contributed by atoms with van der Waals surface area (Å²) in [6, 6.07) is 9.94. The van der Waals surface area contributed by atoms with Gasteiger partial charge < -0.3 is 4.42 Å². The molecule has 0 saturated heterocycles. The maximum absolute atomic E-state index is 5.60. The van der Waals surface area contributed by atoms with Crippen molar-refractivity contribution in [2.45, 2.75) is 17.4 Å². The normalized spacial score (nSPS) is 10.7. The van der Waals surface area contributed by atoms with Gasteiger partial charge in [0.1, 0.15) is 0 Å². The summed E-state index contributed by atoms with van der Waals surface area (Å²) in [5, 5.41) is 10.7. The molecule has 0 fully saturated rings. The molecule has 0 bridgehead atoms. The van der Waals surface area contributed by atoms with Crippen molar-refractivity contribution in [3.63, 3.8) is 0 Å². The number of rotatable bonds is 5. The van der Waals surface area contributed by atoms with Crippen LogP contribution in [0.5, 0.6) is 0 Å². The average molecular weight is 289 g/mol. The third-order valence-electron chi connectivity index (χ3n) is 2.42. The lowest BCUT2D eigenvalue weighted by molar-refractivity contribution is 0.421. The fourth-order valence-corrected chi connectivity index (χ4v) is 2.94. The van der Waals surface area contributed by atoms with Gasteiger partial charge in [-0.3, -0.25) is 4.98 Å². The molecule has 96 valence electrons. The van der Waals surface area contributed by atoms with Gasteiger partial charge in [0, 0.05) is 16.8 Å². The summed E-state index contributed by atoms with van der Waals surface area (Å²) >= 11 is 3.20. The number of aromatic nitrogens is 3. The van der Waals surface area contributed by atoms with E-state index in [1.807, 2.05) is 29.6 Å². The van der Waals surface area contributed by atoms with Gasteiger partial charge >= 0.3 is 0 Å². The molecule has 3 aromatic heterocycles. The molecule has 19 heavy (non-hydrogen) atoms. The Morgan fingerprint density at radius 2 is 2.16 bits per heavy atom. The molecule has 0 aromatic carbocycles. The van der Waals surface area contributed by atoms with Crippen LogP contribution < -0.4 is 0 Å². The second-order valence-corrected chi connectivity index (χ2v) is 5.79.